The molecular weight excluding hydrogens is 412 g/mol. The van der Waals surface area contributed by atoms with E-state index in [1.54, 1.807) is 5.38 Å². The summed E-state index contributed by atoms with van der Waals surface area (Å²) in [5, 5.41) is 11.3. The maximum atomic E-state index is 12.7. The molecule has 1 fully saturated rings. The van der Waals surface area contributed by atoms with Crippen molar-refractivity contribution in [3.05, 3.63) is 45.9 Å². The van der Waals surface area contributed by atoms with Crippen LogP contribution in [0.5, 0.6) is 5.75 Å². The fraction of sp³-hybridized carbons (Fsp3) is 0.522. The maximum Gasteiger partial charge on any atom is 0.315 e. The summed E-state index contributed by atoms with van der Waals surface area (Å²) in [7, 11) is 0. The van der Waals surface area contributed by atoms with Gasteiger partial charge in [0.25, 0.3) is 5.91 Å². The van der Waals surface area contributed by atoms with Gasteiger partial charge in [0.1, 0.15) is 23.1 Å². The fourth-order valence-corrected chi connectivity index (χ4v) is 4.36. The van der Waals surface area contributed by atoms with E-state index in [1.165, 1.54) is 16.9 Å². The number of hydrogen-bond acceptors (Lipinski definition) is 5. The van der Waals surface area contributed by atoms with Gasteiger partial charge in [-0.3, -0.25) is 4.79 Å². The number of aromatic nitrogens is 1. The summed E-state index contributed by atoms with van der Waals surface area (Å²) in [6.45, 7) is 7.09. The van der Waals surface area contributed by atoms with Gasteiger partial charge in [0.15, 0.2) is 0 Å². The number of carbonyl (C=O) groups is 2. The number of ether oxygens (including phenoxy) is 1. The number of nitrogens with zero attached hydrogens (tertiary/aromatic N) is 1. The monoisotopic (exact) mass is 444 g/mol. The molecule has 2 atom stereocenters. The maximum absolute atomic E-state index is 12.7. The Morgan fingerprint density at radius 1 is 1.13 bits per heavy atom. The molecule has 3 rings (SSSR count). The Labute approximate surface area is 188 Å². The van der Waals surface area contributed by atoms with E-state index >= 15 is 0 Å². The van der Waals surface area contributed by atoms with E-state index in [0.717, 1.165) is 36.4 Å². The van der Waals surface area contributed by atoms with Crippen LogP contribution >= 0.6 is 11.3 Å². The van der Waals surface area contributed by atoms with Crippen LogP contribution in [0.3, 0.4) is 0 Å². The van der Waals surface area contributed by atoms with Crippen molar-refractivity contribution >= 4 is 23.3 Å². The van der Waals surface area contributed by atoms with Crippen LogP contribution in [0.25, 0.3) is 0 Å². The van der Waals surface area contributed by atoms with Crippen molar-refractivity contribution in [3.63, 3.8) is 0 Å². The Hall–Kier alpha value is -2.61. The quantitative estimate of drug-likeness (QED) is 0.569. The largest absolute Gasteiger partial charge is 0.486 e. The molecule has 1 saturated carbocycles. The average molecular weight is 445 g/mol. The first kappa shape index (κ1) is 23.1. The van der Waals surface area contributed by atoms with Gasteiger partial charge in [-0.1, -0.05) is 38.8 Å². The molecule has 1 aliphatic carbocycles. The molecule has 0 saturated heterocycles. The first-order chi connectivity index (χ1) is 15.0. The van der Waals surface area contributed by atoms with Crippen molar-refractivity contribution in [1.82, 2.24) is 20.9 Å². The summed E-state index contributed by atoms with van der Waals surface area (Å²) >= 11 is 1.41. The number of benzene rings is 1. The Balaban J connectivity index is 1.53. The Bertz CT molecular complexity index is 866. The predicted molar refractivity (Wildman–Crippen MR) is 123 cm³/mol. The topological polar surface area (TPSA) is 92.4 Å². The second kappa shape index (κ2) is 11.1. The molecule has 1 aromatic heterocycles. The summed E-state index contributed by atoms with van der Waals surface area (Å²) in [6, 6.07) is 7.70. The van der Waals surface area contributed by atoms with Crippen LogP contribution in [0.15, 0.2) is 29.6 Å². The van der Waals surface area contributed by atoms with E-state index in [9.17, 15) is 9.59 Å². The second-order valence-electron chi connectivity index (χ2n) is 8.11. The molecule has 0 unspecified atom stereocenters. The SMILES string of the molecule is CCNC(=O)N[C@@H]1CCCC[C@H]1NC(=O)c1csc(COc2ccc(C(C)C)cc2)n1. The minimum absolute atomic E-state index is 0.0699. The zero-order valence-corrected chi connectivity index (χ0v) is 19.3. The fourth-order valence-electron chi connectivity index (χ4n) is 3.67. The summed E-state index contributed by atoms with van der Waals surface area (Å²) in [5.41, 5.74) is 1.66. The van der Waals surface area contributed by atoms with Gasteiger partial charge >= 0.3 is 6.03 Å². The molecule has 1 aromatic carbocycles. The molecule has 2 aromatic rings. The highest BCUT2D eigenvalue weighted by Gasteiger charge is 2.28. The number of thiazole rings is 1. The van der Waals surface area contributed by atoms with Gasteiger partial charge in [0.2, 0.25) is 0 Å². The third-order valence-electron chi connectivity index (χ3n) is 5.43. The highest BCUT2D eigenvalue weighted by atomic mass is 32.1. The molecule has 1 heterocycles. The summed E-state index contributed by atoms with van der Waals surface area (Å²) in [5.74, 6) is 1.06. The van der Waals surface area contributed by atoms with Crippen molar-refractivity contribution in [2.75, 3.05) is 6.54 Å². The number of rotatable bonds is 8. The van der Waals surface area contributed by atoms with Crippen LogP contribution < -0.4 is 20.7 Å². The smallest absolute Gasteiger partial charge is 0.315 e. The summed E-state index contributed by atoms with van der Waals surface area (Å²) < 4.78 is 5.82. The minimum atomic E-state index is -0.210. The van der Waals surface area contributed by atoms with Gasteiger partial charge in [-0.2, -0.15) is 0 Å². The Kier molecular flexibility index (Phi) is 8.28. The lowest BCUT2D eigenvalue weighted by Crippen LogP contribution is -2.55. The standard InChI is InChI=1S/C23H32N4O3S/c1-4-24-23(29)27-19-8-6-5-7-18(19)26-22(28)20-14-31-21(25-20)13-30-17-11-9-16(10-12-17)15(2)3/h9-12,14-15,18-19H,4-8,13H2,1-3H3,(H,26,28)(H2,24,27,29)/t18-,19-/m1/s1. The number of amides is 3. The summed E-state index contributed by atoms with van der Waals surface area (Å²) in [4.78, 5) is 29.1. The van der Waals surface area contributed by atoms with Gasteiger partial charge in [0, 0.05) is 18.0 Å². The van der Waals surface area contributed by atoms with Crippen molar-refractivity contribution in [2.45, 2.75) is 71.1 Å². The van der Waals surface area contributed by atoms with E-state index in [1.807, 2.05) is 19.1 Å². The van der Waals surface area contributed by atoms with Gasteiger partial charge < -0.3 is 20.7 Å². The average Bonchev–Trinajstić information content (AvgIpc) is 3.23. The Morgan fingerprint density at radius 2 is 1.81 bits per heavy atom. The van der Waals surface area contributed by atoms with Gasteiger partial charge in [-0.05, 0) is 43.4 Å². The van der Waals surface area contributed by atoms with Crippen molar-refractivity contribution < 1.29 is 14.3 Å². The van der Waals surface area contributed by atoms with Crippen molar-refractivity contribution in [1.29, 1.82) is 0 Å². The van der Waals surface area contributed by atoms with E-state index in [-0.39, 0.29) is 24.0 Å². The van der Waals surface area contributed by atoms with Crippen LogP contribution in [0.1, 0.15) is 73.4 Å². The molecular formula is C23H32N4O3S. The van der Waals surface area contributed by atoms with E-state index in [0.29, 0.717) is 24.8 Å². The molecule has 31 heavy (non-hydrogen) atoms. The molecule has 3 N–H and O–H groups in total. The van der Waals surface area contributed by atoms with Crippen LogP contribution in [-0.2, 0) is 6.61 Å². The molecule has 0 radical (unpaired) electrons. The number of urea groups is 1. The first-order valence-electron chi connectivity index (χ1n) is 11.0. The lowest BCUT2D eigenvalue weighted by Gasteiger charge is -2.32. The third-order valence-corrected chi connectivity index (χ3v) is 6.25. The molecule has 7 nitrogen and oxygen atoms in total. The molecule has 168 valence electrons. The van der Waals surface area contributed by atoms with E-state index < -0.39 is 0 Å². The van der Waals surface area contributed by atoms with Crippen molar-refractivity contribution in [3.8, 4) is 5.75 Å². The zero-order chi connectivity index (χ0) is 22.2. The van der Waals surface area contributed by atoms with Crippen LogP contribution in [0, 0.1) is 0 Å². The molecule has 0 aliphatic heterocycles. The van der Waals surface area contributed by atoms with Gasteiger partial charge in [-0.15, -0.1) is 11.3 Å². The van der Waals surface area contributed by atoms with E-state index in [4.69, 9.17) is 4.74 Å². The highest BCUT2D eigenvalue weighted by Crippen LogP contribution is 2.21. The number of carbonyl (C=O) groups excluding carboxylic acids is 2. The lowest BCUT2D eigenvalue weighted by atomic mass is 9.90. The van der Waals surface area contributed by atoms with Crippen LogP contribution in [0.2, 0.25) is 0 Å². The van der Waals surface area contributed by atoms with Gasteiger partial charge in [-0.25, -0.2) is 9.78 Å². The molecule has 1 aliphatic rings. The zero-order valence-electron chi connectivity index (χ0n) is 18.4. The molecule has 0 bridgehead atoms. The number of nitrogens with one attached hydrogen (secondary N) is 3. The molecule has 0 spiro atoms. The normalized spacial score (nSPS) is 18.5. The van der Waals surface area contributed by atoms with Gasteiger partial charge in [0.05, 0.1) is 6.04 Å². The Morgan fingerprint density at radius 3 is 2.45 bits per heavy atom. The third kappa shape index (κ3) is 6.69. The first-order valence-corrected chi connectivity index (χ1v) is 11.9. The van der Waals surface area contributed by atoms with Crippen molar-refractivity contribution in [2.24, 2.45) is 0 Å². The van der Waals surface area contributed by atoms with E-state index in [2.05, 4.69) is 46.9 Å². The minimum Gasteiger partial charge on any atom is -0.486 e. The molecule has 8 heteroatoms. The lowest BCUT2D eigenvalue weighted by molar-refractivity contribution is 0.0911. The molecule has 3 amide bonds. The number of hydrogen-bond donors (Lipinski definition) is 3. The summed E-state index contributed by atoms with van der Waals surface area (Å²) in [6.07, 6.45) is 3.77. The predicted octanol–water partition coefficient (Wildman–Crippen LogP) is 4.21. The highest BCUT2D eigenvalue weighted by molar-refractivity contribution is 7.09. The van der Waals surface area contributed by atoms with Crippen LogP contribution in [-0.4, -0.2) is 35.6 Å². The van der Waals surface area contributed by atoms with Crippen LogP contribution in [0.4, 0.5) is 4.79 Å². The second-order valence-corrected chi connectivity index (χ2v) is 9.06.